The second-order valence-electron chi connectivity index (χ2n) is 6.97. The van der Waals surface area contributed by atoms with Gasteiger partial charge in [0.05, 0.1) is 17.7 Å². The molecule has 0 atom stereocenters. The Morgan fingerprint density at radius 1 is 1.19 bits per heavy atom. The molecule has 0 aromatic carbocycles. The van der Waals surface area contributed by atoms with Crippen LogP contribution >= 0.6 is 0 Å². The molecular weight excluding hydrogens is 347 g/mol. The van der Waals surface area contributed by atoms with Crippen molar-refractivity contribution in [1.29, 1.82) is 0 Å². The van der Waals surface area contributed by atoms with Crippen LogP contribution in [0.3, 0.4) is 0 Å². The molecule has 0 saturated carbocycles. The number of hydrogen-bond donors (Lipinski definition) is 1. The fourth-order valence-electron chi connectivity index (χ4n) is 2.12. The molecular formula is C18H20F3N3O2. The SMILES string of the molecule is CC(C)(C)CCOc1ccc(C(F)(F)F)c(C(=O)c2cccnc2N)n1. The van der Waals surface area contributed by atoms with Gasteiger partial charge in [0.25, 0.3) is 0 Å². The normalized spacial score (nSPS) is 12.1. The molecule has 0 radical (unpaired) electrons. The topological polar surface area (TPSA) is 78.1 Å². The van der Waals surface area contributed by atoms with E-state index in [2.05, 4.69) is 9.97 Å². The molecule has 0 aliphatic heterocycles. The van der Waals surface area contributed by atoms with Crippen molar-refractivity contribution in [3.05, 3.63) is 47.3 Å². The highest BCUT2D eigenvalue weighted by Crippen LogP contribution is 2.34. The minimum Gasteiger partial charge on any atom is -0.478 e. The maximum atomic E-state index is 13.3. The number of nitrogens with zero attached hydrogens (tertiary/aromatic N) is 2. The van der Waals surface area contributed by atoms with E-state index >= 15 is 0 Å². The maximum Gasteiger partial charge on any atom is 0.418 e. The average molecular weight is 367 g/mol. The quantitative estimate of drug-likeness (QED) is 0.804. The van der Waals surface area contributed by atoms with Crippen molar-refractivity contribution >= 4 is 11.6 Å². The summed E-state index contributed by atoms with van der Waals surface area (Å²) in [6, 6.07) is 4.62. The third-order valence-electron chi connectivity index (χ3n) is 3.58. The largest absolute Gasteiger partial charge is 0.478 e. The zero-order valence-electron chi connectivity index (χ0n) is 14.7. The van der Waals surface area contributed by atoms with E-state index in [1.54, 1.807) is 0 Å². The van der Waals surface area contributed by atoms with E-state index in [4.69, 9.17) is 10.5 Å². The molecule has 2 aromatic rings. The summed E-state index contributed by atoms with van der Waals surface area (Å²) < 4.78 is 45.3. The summed E-state index contributed by atoms with van der Waals surface area (Å²) in [5.41, 5.74) is 3.56. The van der Waals surface area contributed by atoms with E-state index < -0.39 is 23.2 Å². The van der Waals surface area contributed by atoms with Crippen molar-refractivity contribution in [3.8, 4) is 5.88 Å². The van der Waals surface area contributed by atoms with Gasteiger partial charge in [0.1, 0.15) is 11.5 Å². The second-order valence-corrected chi connectivity index (χ2v) is 6.97. The van der Waals surface area contributed by atoms with Gasteiger partial charge in [-0.05, 0) is 30.0 Å². The van der Waals surface area contributed by atoms with Crippen LogP contribution in [-0.4, -0.2) is 22.4 Å². The van der Waals surface area contributed by atoms with Crippen molar-refractivity contribution in [2.75, 3.05) is 12.3 Å². The van der Waals surface area contributed by atoms with Gasteiger partial charge in [0.2, 0.25) is 11.7 Å². The Hall–Kier alpha value is -2.64. The van der Waals surface area contributed by atoms with Crippen molar-refractivity contribution in [2.45, 2.75) is 33.4 Å². The summed E-state index contributed by atoms with van der Waals surface area (Å²) in [5, 5.41) is 0. The summed E-state index contributed by atoms with van der Waals surface area (Å²) in [6.45, 7) is 6.30. The standard InChI is InChI=1S/C18H20F3N3O2/c1-17(2,3)8-10-26-13-7-6-12(18(19,20)21)14(24-13)15(25)11-5-4-9-23-16(11)22/h4-7,9H,8,10H2,1-3H3,(H2,22,23). The number of rotatable bonds is 5. The van der Waals surface area contributed by atoms with E-state index in [1.165, 1.54) is 18.3 Å². The minimum absolute atomic E-state index is 0.00524. The van der Waals surface area contributed by atoms with E-state index in [9.17, 15) is 18.0 Å². The number of carbonyl (C=O) groups is 1. The van der Waals surface area contributed by atoms with Gasteiger partial charge in [-0.15, -0.1) is 0 Å². The number of carbonyl (C=O) groups excluding carboxylic acids is 1. The summed E-state index contributed by atoms with van der Waals surface area (Å²) in [4.78, 5) is 20.1. The van der Waals surface area contributed by atoms with Crippen LogP contribution in [0.4, 0.5) is 19.0 Å². The molecule has 5 nitrogen and oxygen atoms in total. The van der Waals surface area contributed by atoms with Crippen molar-refractivity contribution in [2.24, 2.45) is 5.41 Å². The summed E-state index contributed by atoms with van der Waals surface area (Å²) >= 11 is 0. The van der Waals surface area contributed by atoms with E-state index in [0.29, 0.717) is 6.42 Å². The Morgan fingerprint density at radius 3 is 2.46 bits per heavy atom. The number of anilines is 1. The lowest BCUT2D eigenvalue weighted by Crippen LogP contribution is -2.18. The number of nitrogens with two attached hydrogens (primary N) is 1. The number of ether oxygens (including phenoxy) is 1. The molecule has 2 N–H and O–H groups in total. The van der Waals surface area contributed by atoms with Crippen molar-refractivity contribution in [3.63, 3.8) is 0 Å². The molecule has 0 bridgehead atoms. The molecule has 0 aliphatic carbocycles. The third-order valence-corrected chi connectivity index (χ3v) is 3.58. The zero-order chi connectivity index (χ0) is 19.5. The number of halogens is 3. The Morgan fingerprint density at radius 2 is 1.88 bits per heavy atom. The van der Waals surface area contributed by atoms with Gasteiger partial charge in [0, 0.05) is 12.3 Å². The monoisotopic (exact) mass is 367 g/mol. The molecule has 8 heteroatoms. The molecule has 26 heavy (non-hydrogen) atoms. The Balaban J connectivity index is 2.39. The summed E-state index contributed by atoms with van der Waals surface area (Å²) in [7, 11) is 0. The van der Waals surface area contributed by atoms with E-state index in [0.717, 1.165) is 12.1 Å². The molecule has 0 aliphatic rings. The van der Waals surface area contributed by atoms with Crippen LogP contribution in [0.5, 0.6) is 5.88 Å². The van der Waals surface area contributed by atoms with Crippen LogP contribution in [0.2, 0.25) is 0 Å². The first-order chi connectivity index (χ1) is 12.0. The van der Waals surface area contributed by atoms with Crippen LogP contribution in [0.1, 0.15) is 48.8 Å². The molecule has 0 amide bonds. The minimum atomic E-state index is -4.74. The Bertz CT molecular complexity index is 799. The highest BCUT2D eigenvalue weighted by atomic mass is 19.4. The fourth-order valence-corrected chi connectivity index (χ4v) is 2.12. The first-order valence-electron chi connectivity index (χ1n) is 7.95. The number of aromatic nitrogens is 2. The molecule has 0 fully saturated rings. The van der Waals surface area contributed by atoms with Crippen LogP contribution in [0.15, 0.2) is 30.5 Å². The van der Waals surface area contributed by atoms with Crippen LogP contribution in [0, 0.1) is 5.41 Å². The number of alkyl halides is 3. The first kappa shape index (κ1) is 19.7. The molecule has 0 spiro atoms. The number of ketones is 1. The molecule has 2 aromatic heterocycles. The van der Waals surface area contributed by atoms with Crippen LogP contribution in [0.25, 0.3) is 0 Å². The second kappa shape index (κ2) is 7.31. The fraction of sp³-hybridized carbons (Fsp3) is 0.389. The maximum absolute atomic E-state index is 13.3. The van der Waals surface area contributed by atoms with Gasteiger partial charge in [-0.25, -0.2) is 9.97 Å². The lowest BCUT2D eigenvalue weighted by Gasteiger charge is -2.18. The highest BCUT2D eigenvalue weighted by molar-refractivity contribution is 6.11. The summed E-state index contributed by atoms with van der Waals surface area (Å²) in [5.74, 6) is -1.16. The Kier molecular flexibility index (Phi) is 5.53. The first-order valence-corrected chi connectivity index (χ1v) is 7.95. The van der Waals surface area contributed by atoms with Gasteiger partial charge < -0.3 is 10.5 Å². The molecule has 0 unspecified atom stereocenters. The lowest BCUT2D eigenvalue weighted by molar-refractivity contribution is -0.138. The van der Waals surface area contributed by atoms with Crippen molar-refractivity contribution in [1.82, 2.24) is 9.97 Å². The van der Waals surface area contributed by atoms with Gasteiger partial charge in [-0.2, -0.15) is 13.2 Å². The van der Waals surface area contributed by atoms with Gasteiger partial charge in [0.15, 0.2) is 0 Å². The lowest BCUT2D eigenvalue weighted by atomic mass is 9.93. The predicted molar refractivity (Wildman–Crippen MR) is 90.9 cm³/mol. The zero-order valence-corrected chi connectivity index (χ0v) is 14.7. The van der Waals surface area contributed by atoms with Crippen molar-refractivity contribution < 1.29 is 22.7 Å². The molecule has 2 heterocycles. The summed E-state index contributed by atoms with van der Waals surface area (Å²) in [6.07, 6.45) is -2.72. The van der Waals surface area contributed by atoms with Gasteiger partial charge in [-0.3, -0.25) is 4.79 Å². The molecule has 0 saturated heterocycles. The number of pyridine rings is 2. The molecule has 2 rings (SSSR count). The van der Waals surface area contributed by atoms with E-state index in [-0.39, 0.29) is 29.3 Å². The van der Waals surface area contributed by atoms with Gasteiger partial charge >= 0.3 is 6.18 Å². The third kappa shape index (κ3) is 4.93. The number of hydrogen-bond acceptors (Lipinski definition) is 5. The van der Waals surface area contributed by atoms with Crippen LogP contribution < -0.4 is 10.5 Å². The van der Waals surface area contributed by atoms with Crippen LogP contribution in [-0.2, 0) is 6.18 Å². The van der Waals surface area contributed by atoms with Gasteiger partial charge in [-0.1, -0.05) is 20.8 Å². The Labute approximate surface area is 149 Å². The predicted octanol–water partition coefficient (Wildman–Crippen LogP) is 4.12. The van der Waals surface area contributed by atoms with E-state index in [1.807, 2.05) is 20.8 Å². The average Bonchev–Trinajstić information content (AvgIpc) is 2.52. The highest BCUT2D eigenvalue weighted by Gasteiger charge is 2.37. The number of nitrogen functional groups attached to an aromatic ring is 1. The molecule has 140 valence electrons. The smallest absolute Gasteiger partial charge is 0.418 e.